The number of anilines is 2. The van der Waals surface area contributed by atoms with Gasteiger partial charge in [0.1, 0.15) is 11.6 Å². The van der Waals surface area contributed by atoms with E-state index in [1.165, 1.54) is 32.1 Å². The van der Waals surface area contributed by atoms with E-state index in [-0.39, 0.29) is 0 Å². The number of hydrogen-bond acceptors (Lipinski definition) is 3. The highest BCUT2D eigenvalue weighted by atomic mass is 15.1. The molecule has 0 radical (unpaired) electrons. The summed E-state index contributed by atoms with van der Waals surface area (Å²) >= 11 is 0. The van der Waals surface area contributed by atoms with Gasteiger partial charge in [-0.1, -0.05) is 25.3 Å². The van der Waals surface area contributed by atoms with E-state index in [1.807, 2.05) is 6.07 Å². The molecular weight excluding hydrogens is 222 g/mol. The van der Waals surface area contributed by atoms with Crippen LogP contribution in [-0.4, -0.2) is 17.6 Å². The summed E-state index contributed by atoms with van der Waals surface area (Å²) in [7, 11) is 0. The Balaban J connectivity index is 1.93. The largest absolute Gasteiger partial charge is 0.370 e. The molecule has 1 heterocycles. The average molecular weight is 247 g/mol. The molecule has 2 rings (SSSR count). The molecule has 1 atom stereocenters. The van der Waals surface area contributed by atoms with Crippen molar-refractivity contribution in [2.75, 3.05) is 17.2 Å². The first-order valence-electron chi connectivity index (χ1n) is 7.27. The van der Waals surface area contributed by atoms with Crippen LogP contribution in [0, 0.1) is 5.92 Å². The number of nitrogens with zero attached hydrogens (tertiary/aromatic N) is 1. The Kier molecular flexibility index (Phi) is 4.85. The Hall–Kier alpha value is -1.25. The molecule has 1 aromatic rings. The van der Waals surface area contributed by atoms with Gasteiger partial charge in [-0.2, -0.15) is 0 Å². The second-order valence-corrected chi connectivity index (χ2v) is 5.27. The highest BCUT2D eigenvalue weighted by Gasteiger charge is 2.20. The summed E-state index contributed by atoms with van der Waals surface area (Å²) in [6, 6.07) is 6.65. The maximum atomic E-state index is 4.58. The Bertz CT molecular complexity index is 359. The summed E-state index contributed by atoms with van der Waals surface area (Å²) < 4.78 is 0. The molecule has 0 bridgehead atoms. The lowest BCUT2D eigenvalue weighted by atomic mass is 9.84. The Morgan fingerprint density at radius 2 is 1.94 bits per heavy atom. The molecule has 1 unspecified atom stereocenters. The van der Waals surface area contributed by atoms with Gasteiger partial charge in [0, 0.05) is 12.6 Å². The van der Waals surface area contributed by atoms with Crippen LogP contribution in [-0.2, 0) is 0 Å². The monoisotopic (exact) mass is 247 g/mol. The van der Waals surface area contributed by atoms with Crippen molar-refractivity contribution in [3.63, 3.8) is 0 Å². The predicted molar refractivity (Wildman–Crippen MR) is 78.1 cm³/mol. The van der Waals surface area contributed by atoms with Crippen LogP contribution in [0.25, 0.3) is 0 Å². The zero-order chi connectivity index (χ0) is 12.8. The van der Waals surface area contributed by atoms with Crippen molar-refractivity contribution in [1.82, 2.24) is 4.98 Å². The van der Waals surface area contributed by atoms with Gasteiger partial charge in [-0.3, -0.25) is 0 Å². The van der Waals surface area contributed by atoms with Gasteiger partial charge in [-0.05, 0) is 44.7 Å². The van der Waals surface area contributed by atoms with Gasteiger partial charge in [-0.15, -0.1) is 0 Å². The maximum absolute atomic E-state index is 4.58. The van der Waals surface area contributed by atoms with E-state index < -0.39 is 0 Å². The van der Waals surface area contributed by atoms with E-state index in [1.54, 1.807) is 0 Å². The third-order valence-corrected chi connectivity index (χ3v) is 3.84. The summed E-state index contributed by atoms with van der Waals surface area (Å²) in [5, 5.41) is 6.81. The molecule has 1 aliphatic carbocycles. The summed E-state index contributed by atoms with van der Waals surface area (Å²) in [5.41, 5.74) is 0. The molecule has 3 heteroatoms. The minimum atomic E-state index is 0.523. The molecule has 1 fully saturated rings. The van der Waals surface area contributed by atoms with Crippen molar-refractivity contribution >= 4 is 11.6 Å². The average Bonchev–Trinajstić information content (AvgIpc) is 2.40. The van der Waals surface area contributed by atoms with Crippen LogP contribution in [0.5, 0.6) is 0 Å². The third kappa shape index (κ3) is 3.62. The minimum Gasteiger partial charge on any atom is -0.370 e. The molecule has 3 nitrogen and oxygen atoms in total. The topological polar surface area (TPSA) is 37.0 Å². The second-order valence-electron chi connectivity index (χ2n) is 5.27. The van der Waals surface area contributed by atoms with Crippen LogP contribution in [0.1, 0.15) is 46.0 Å². The molecule has 100 valence electrons. The molecule has 2 N–H and O–H groups in total. The lowest BCUT2D eigenvalue weighted by Gasteiger charge is -2.28. The fourth-order valence-corrected chi connectivity index (χ4v) is 2.78. The van der Waals surface area contributed by atoms with E-state index in [4.69, 9.17) is 0 Å². The van der Waals surface area contributed by atoms with Crippen LogP contribution in [0.3, 0.4) is 0 Å². The van der Waals surface area contributed by atoms with Crippen molar-refractivity contribution in [3.8, 4) is 0 Å². The first-order chi connectivity index (χ1) is 8.79. The minimum absolute atomic E-state index is 0.523. The lowest BCUT2D eigenvalue weighted by Crippen LogP contribution is -2.28. The zero-order valence-electron chi connectivity index (χ0n) is 11.6. The molecule has 0 spiro atoms. The van der Waals surface area contributed by atoms with Crippen LogP contribution in [0.15, 0.2) is 18.2 Å². The Labute approximate surface area is 110 Å². The molecule has 18 heavy (non-hydrogen) atoms. The molecule has 1 saturated carbocycles. The maximum Gasteiger partial charge on any atom is 0.128 e. The van der Waals surface area contributed by atoms with Crippen molar-refractivity contribution < 1.29 is 0 Å². The number of rotatable bonds is 5. The smallest absolute Gasteiger partial charge is 0.128 e. The molecule has 0 amide bonds. The van der Waals surface area contributed by atoms with Gasteiger partial charge >= 0.3 is 0 Å². The van der Waals surface area contributed by atoms with Crippen molar-refractivity contribution in [2.24, 2.45) is 5.92 Å². The number of hydrogen-bond donors (Lipinski definition) is 2. The van der Waals surface area contributed by atoms with Gasteiger partial charge in [0.05, 0.1) is 0 Å². The van der Waals surface area contributed by atoms with Crippen LogP contribution in [0.4, 0.5) is 11.6 Å². The van der Waals surface area contributed by atoms with Crippen LogP contribution >= 0.6 is 0 Å². The fraction of sp³-hybridized carbons (Fsp3) is 0.667. The molecule has 1 aromatic heterocycles. The third-order valence-electron chi connectivity index (χ3n) is 3.84. The fourth-order valence-electron chi connectivity index (χ4n) is 2.78. The van der Waals surface area contributed by atoms with Crippen molar-refractivity contribution in [2.45, 2.75) is 52.0 Å². The standard InChI is InChI=1S/C15H25N3/c1-3-16-14-10-7-11-15(18-14)17-12(2)13-8-5-4-6-9-13/h7,10-13H,3-6,8-9H2,1-2H3,(H2,16,17,18). The molecule has 0 aliphatic heterocycles. The van der Waals surface area contributed by atoms with E-state index in [0.29, 0.717) is 6.04 Å². The first kappa shape index (κ1) is 13.2. The van der Waals surface area contributed by atoms with E-state index in [2.05, 4.69) is 41.6 Å². The normalized spacial score (nSPS) is 18.3. The van der Waals surface area contributed by atoms with Gasteiger partial charge in [-0.25, -0.2) is 4.98 Å². The molecular formula is C15H25N3. The summed E-state index contributed by atoms with van der Waals surface area (Å²) in [6.07, 6.45) is 6.92. The molecule has 1 aliphatic rings. The lowest BCUT2D eigenvalue weighted by molar-refractivity contribution is 0.328. The number of aromatic nitrogens is 1. The quantitative estimate of drug-likeness (QED) is 0.828. The highest BCUT2D eigenvalue weighted by molar-refractivity contribution is 5.45. The Morgan fingerprint density at radius 3 is 2.67 bits per heavy atom. The second kappa shape index (κ2) is 6.62. The van der Waals surface area contributed by atoms with E-state index >= 15 is 0 Å². The number of nitrogens with one attached hydrogen (secondary N) is 2. The van der Waals surface area contributed by atoms with E-state index in [9.17, 15) is 0 Å². The number of pyridine rings is 1. The van der Waals surface area contributed by atoms with Gasteiger partial charge in [0.25, 0.3) is 0 Å². The zero-order valence-corrected chi connectivity index (χ0v) is 11.6. The highest BCUT2D eigenvalue weighted by Crippen LogP contribution is 2.27. The van der Waals surface area contributed by atoms with Crippen molar-refractivity contribution in [3.05, 3.63) is 18.2 Å². The summed E-state index contributed by atoms with van der Waals surface area (Å²) in [4.78, 5) is 4.58. The molecule has 0 aromatic carbocycles. The van der Waals surface area contributed by atoms with Gasteiger partial charge < -0.3 is 10.6 Å². The van der Waals surface area contributed by atoms with Crippen LogP contribution in [0.2, 0.25) is 0 Å². The summed E-state index contributed by atoms with van der Waals surface area (Å²) in [6.45, 7) is 5.29. The predicted octanol–water partition coefficient (Wildman–Crippen LogP) is 3.89. The van der Waals surface area contributed by atoms with Crippen LogP contribution < -0.4 is 10.6 Å². The Morgan fingerprint density at radius 1 is 1.22 bits per heavy atom. The summed E-state index contributed by atoms with van der Waals surface area (Å²) in [5.74, 6) is 2.76. The van der Waals surface area contributed by atoms with E-state index in [0.717, 1.165) is 24.1 Å². The SMILES string of the molecule is CCNc1cccc(NC(C)C2CCCCC2)n1. The van der Waals surface area contributed by atoms with Crippen molar-refractivity contribution in [1.29, 1.82) is 0 Å². The first-order valence-corrected chi connectivity index (χ1v) is 7.27. The molecule has 0 saturated heterocycles. The van der Waals surface area contributed by atoms with Gasteiger partial charge in [0.2, 0.25) is 0 Å². The van der Waals surface area contributed by atoms with Gasteiger partial charge in [0.15, 0.2) is 0 Å².